The van der Waals surface area contributed by atoms with Gasteiger partial charge in [0.1, 0.15) is 6.33 Å². The second kappa shape index (κ2) is 3.66. The molecule has 1 fully saturated rings. The maximum Gasteiger partial charge on any atom is 0.169 e. The van der Waals surface area contributed by atoms with Crippen molar-refractivity contribution < 1.29 is 5.11 Å². The molecule has 0 radical (unpaired) electrons. The highest BCUT2D eigenvalue weighted by molar-refractivity contribution is 5.34. The van der Waals surface area contributed by atoms with Crippen molar-refractivity contribution in [3.8, 4) is 0 Å². The zero-order valence-electron chi connectivity index (χ0n) is 7.30. The van der Waals surface area contributed by atoms with Gasteiger partial charge in [-0.25, -0.2) is 4.98 Å². The molecule has 1 saturated heterocycles. The van der Waals surface area contributed by atoms with Gasteiger partial charge in [-0.05, 0) is 12.8 Å². The summed E-state index contributed by atoms with van der Waals surface area (Å²) < 4.78 is 0. The summed E-state index contributed by atoms with van der Waals surface area (Å²) in [5.74, 6) is 0.800. The van der Waals surface area contributed by atoms with E-state index in [1.54, 1.807) is 6.20 Å². The second-order valence-electron chi connectivity index (χ2n) is 3.19. The Balaban J connectivity index is 2.03. The van der Waals surface area contributed by atoms with Gasteiger partial charge in [0, 0.05) is 13.1 Å². The number of rotatable bonds is 1. The van der Waals surface area contributed by atoms with Gasteiger partial charge in [-0.1, -0.05) is 0 Å². The Morgan fingerprint density at radius 1 is 1.38 bits per heavy atom. The van der Waals surface area contributed by atoms with Crippen LogP contribution < -0.4 is 4.90 Å². The largest absolute Gasteiger partial charge is 0.393 e. The lowest BCUT2D eigenvalue weighted by Crippen LogP contribution is -2.36. The van der Waals surface area contributed by atoms with E-state index in [0.717, 1.165) is 31.7 Å². The SMILES string of the molecule is OC1CCN(c2cncnn2)CC1. The predicted octanol–water partition coefficient (Wildman–Crippen LogP) is -0.167. The molecule has 0 atom stereocenters. The zero-order valence-corrected chi connectivity index (χ0v) is 7.30. The van der Waals surface area contributed by atoms with E-state index < -0.39 is 0 Å². The summed E-state index contributed by atoms with van der Waals surface area (Å²) in [7, 11) is 0. The number of piperidine rings is 1. The first-order valence-corrected chi connectivity index (χ1v) is 4.42. The molecule has 0 aromatic carbocycles. The van der Waals surface area contributed by atoms with E-state index in [1.165, 1.54) is 6.33 Å². The monoisotopic (exact) mass is 180 g/mol. The first-order chi connectivity index (χ1) is 6.36. The molecular formula is C8H12N4O. The second-order valence-corrected chi connectivity index (χ2v) is 3.19. The molecule has 2 heterocycles. The van der Waals surface area contributed by atoms with Crippen LogP contribution in [0.4, 0.5) is 5.82 Å². The van der Waals surface area contributed by atoms with Crippen molar-refractivity contribution in [1.29, 1.82) is 0 Å². The maximum atomic E-state index is 9.30. The Hall–Kier alpha value is -1.23. The van der Waals surface area contributed by atoms with Crippen LogP contribution in [0.3, 0.4) is 0 Å². The summed E-state index contributed by atoms with van der Waals surface area (Å²) in [6.07, 6.45) is 4.57. The van der Waals surface area contributed by atoms with Crippen LogP contribution in [0.25, 0.3) is 0 Å². The summed E-state index contributed by atoms with van der Waals surface area (Å²) in [6, 6.07) is 0. The summed E-state index contributed by atoms with van der Waals surface area (Å²) in [5.41, 5.74) is 0. The molecule has 0 aliphatic carbocycles. The Morgan fingerprint density at radius 2 is 2.15 bits per heavy atom. The number of aliphatic hydroxyl groups is 1. The average Bonchev–Trinajstić information content (AvgIpc) is 2.20. The molecule has 0 spiro atoms. The van der Waals surface area contributed by atoms with E-state index in [1.807, 2.05) is 0 Å². The number of aromatic nitrogens is 3. The molecule has 0 saturated carbocycles. The molecule has 1 aromatic heterocycles. The van der Waals surface area contributed by atoms with E-state index >= 15 is 0 Å². The molecule has 1 aromatic rings. The fourth-order valence-corrected chi connectivity index (χ4v) is 1.48. The van der Waals surface area contributed by atoms with Crippen LogP contribution in [0.2, 0.25) is 0 Å². The van der Waals surface area contributed by atoms with Gasteiger partial charge in [-0.2, -0.15) is 0 Å². The molecule has 5 nitrogen and oxygen atoms in total. The summed E-state index contributed by atoms with van der Waals surface area (Å²) >= 11 is 0. The molecule has 5 heteroatoms. The molecule has 1 aliphatic rings. The lowest BCUT2D eigenvalue weighted by atomic mass is 10.1. The first-order valence-electron chi connectivity index (χ1n) is 4.42. The normalized spacial score (nSPS) is 19.0. The molecule has 0 unspecified atom stereocenters. The van der Waals surface area contributed by atoms with Crippen LogP contribution in [-0.2, 0) is 0 Å². The third kappa shape index (κ3) is 1.92. The quantitative estimate of drug-likeness (QED) is 0.650. The fraction of sp³-hybridized carbons (Fsp3) is 0.625. The van der Waals surface area contributed by atoms with E-state index in [4.69, 9.17) is 0 Å². The van der Waals surface area contributed by atoms with Gasteiger partial charge in [0.25, 0.3) is 0 Å². The molecule has 0 bridgehead atoms. The molecule has 0 amide bonds. The van der Waals surface area contributed by atoms with Gasteiger partial charge >= 0.3 is 0 Å². The topological polar surface area (TPSA) is 62.1 Å². The van der Waals surface area contributed by atoms with E-state index in [2.05, 4.69) is 20.1 Å². The van der Waals surface area contributed by atoms with Crippen molar-refractivity contribution >= 4 is 5.82 Å². The highest BCUT2D eigenvalue weighted by atomic mass is 16.3. The average molecular weight is 180 g/mol. The fourth-order valence-electron chi connectivity index (χ4n) is 1.48. The highest BCUT2D eigenvalue weighted by Crippen LogP contribution is 2.15. The molecule has 2 rings (SSSR count). The Bertz CT molecular complexity index is 258. The number of anilines is 1. The standard InChI is InChI=1S/C8H12N4O/c13-7-1-3-12(4-2-7)8-5-9-6-10-11-8/h5-7,13H,1-4H2. The van der Waals surface area contributed by atoms with Crippen molar-refractivity contribution in [2.24, 2.45) is 0 Å². The van der Waals surface area contributed by atoms with Crippen molar-refractivity contribution in [2.75, 3.05) is 18.0 Å². The van der Waals surface area contributed by atoms with Crippen LogP contribution in [0.15, 0.2) is 12.5 Å². The minimum absolute atomic E-state index is 0.152. The highest BCUT2D eigenvalue weighted by Gasteiger charge is 2.17. The van der Waals surface area contributed by atoms with E-state index in [-0.39, 0.29) is 6.10 Å². The third-order valence-corrected chi connectivity index (χ3v) is 2.26. The van der Waals surface area contributed by atoms with Gasteiger partial charge in [0.15, 0.2) is 5.82 Å². The Labute approximate surface area is 76.4 Å². The lowest BCUT2D eigenvalue weighted by Gasteiger charge is -2.29. The smallest absolute Gasteiger partial charge is 0.169 e. The zero-order chi connectivity index (χ0) is 9.10. The maximum absolute atomic E-state index is 9.30. The van der Waals surface area contributed by atoms with Gasteiger partial charge in [0.2, 0.25) is 0 Å². The summed E-state index contributed by atoms with van der Waals surface area (Å²) in [4.78, 5) is 5.99. The lowest BCUT2D eigenvalue weighted by molar-refractivity contribution is 0.145. The Kier molecular flexibility index (Phi) is 2.35. The number of hydrogen-bond acceptors (Lipinski definition) is 5. The van der Waals surface area contributed by atoms with Crippen LogP contribution in [0, 0.1) is 0 Å². The van der Waals surface area contributed by atoms with E-state index in [0.29, 0.717) is 0 Å². The van der Waals surface area contributed by atoms with Crippen molar-refractivity contribution in [1.82, 2.24) is 15.2 Å². The predicted molar refractivity (Wildman–Crippen MR) is 47.3 cm³/mol. The van der Waals surface area contributed by atoms with Crippen LogP contribution in [-0.4, -0.2) is 39.5 Å². The van der Waals surface area contributed by atoms with Crippen LogP contribution >= 0.6 is 0 Å². The van der Waals surface area contributed by atoms with Gasteiger partial charge in [0.05, 0.1) is 12.3 Å². The van der Waals surface area contributed by atoms with Gasteiger partial charge in [-0.15, -0.1) is 10.2 Å². The van der Waals surface area contributed by atoms with Crippen molar-refractivity contribution in [3.05, 3.63) is 12.5 Å². The van der Waals surface area contributed by atoms with Crippen molar-refractivity contribution in [2.45, 2.75) is 18.9 Å². The molecule has 70 valence electrons. The first kappa shape index (κ1) is 8.37. The molecule has 13 heavy (non-hydrogen) atoms. The Morgan fingerprint density at radius 3 is 2.77 bits per heavy atom. The minimum Gasteiger partial charge on any atom is -0.393 e. The van der Waals surface area contributed by atoms with Crippen LogP contribution in [0.1, 0.15) is 12.8 Å². The van der Waals surface area contributed by atoms with Gasteiger partial charge < -0.3 is 10.0 Å². The van der Waals surface area contributed by atoms with Crippen molar-refractivity contribution in [3.63, 3.8) is 0 Å². The summed E-state index contributed by atoms with van der Waals surface area (Å²) in [6.45, 7) is 1.67. The van der Waals surface area contributed by atoms with Crippen LogP contribution in [0.5, 0.6) is 0 Å². The number of nitrogens with zero attached hydrogens (tertiary/aromatic N) is 4. The molecule has 1 N–H and O–H groups in total. The minimum atomic E-state index is -0.152. The van der Waals surface area contributed by atoms with Gasteiger partial charge in [-0.3, -0.25) is 0 Å². The third-order valence-electron chi connectivity index (χ3n) is 2.26. The van der Waals surface area contributed by atoms with E-state index in [9.17, 15) is 5.11 Å². The molecule has 1 aliphatic heterocycles. The molecular weight excluding hydrogens is 168 g/mol. The number of hydrogen-bond donors (Lipinski definition) is 1. The number of aliphatic hydroxyl groups excluding tert-OH is 1. The summed E-state index contributed by atoms with van der Waals surface area (Å²) in [5, 5.41) is 17.0.